The SMILES string of the molecule is O=C(N[C@@H]1CCN(C(=O)c2ccccc2)C1)C1=C2NC(=O)N(c3ccc(Oc4ccccc4)cc3)C3CCNC(S1)C23. The largest absolute Gasteiger partial charge is 0.457 e. The van der Waals surface area contributed by atoms with Crippen molar-refractivity contribution in [1.82, 2.24) is 20.9 Å². The van der Waals surface area contributed by atoms with Crippen molar-refractivity contribution in [2.75, 3.05) is 24.5 Å². The first-order chi connectivity index (χ1) is 20.5. The Bertz CT molecular complexity index is 1530. The highest BCUT2D eigenvalue weighted by Crippen LogP contribution is 2.48. The van der Waals surface area contributed by atoms with E-state index in [1.54, 1.807) is 4.90 Å². The van der Waals surface area contributed by atoms with Crippen LogP contribution in [0.25, 0.3) is 0 Å². The maximum absolute atomic E-state index is 13.5. The van der Waals surface area contributed by atoms with Gasteiger partial charge in [-0.05, 0) is 67.9 Å². The van der Waals surface area contributed by atoms with Gasteiger partial charge >= 0.3 is 6.03 Å². The number of carbonyl (C=O) groups excluding carboxylic acids is 3. The molecule has 0 aromatic heterocycles. The van der Waals surface area contributed by atoms with Gasteiger partial charge in [0.2, 0.25) is 0 Å². The molecule has 4 aliphatic rings. The van der Waals surface area contributed by atoms with Gasteiger partial charge in [0.05, 0.1) is 16.3 Å². The van der Waals surface area contributed by atoms with Gasteiger partial charge in [-0.2, -0.15) is 0 Å². The first kappa shape index (κ1) is 26.6. The number of thioether (sulfide) groups is 1. The molecule has 7 rings (SSSR count). The van der Waals surface area contributed by atoms with E-state index >= 15 is 0 Å². The molecule has 42 heavy (non-hydrogen) atoms. The highest BCUT2D eigenvalue weighted by Gasteiger charge is 2.51. The summed E-state index contributed by atoms with van der Waals surface area (Å²) in [6.07, 6.45) is 1.46. The second-order valence-corrected chi connectivity index (χ2v) is 12.1. The standard InChI is InChI=1S/C32H31N5O4S/c38-29(34-21-16-18-36(19-21)31(39)20-7-3-1-4-8-20)28-27-26-25(15-17-33-30(26)42-28)37(32(40)35-27)22-11-13-24(14-12-22)41-23-9-5-2-6-10-23/h1-14,21,25-26,30,33H,15-19H2,(H,34,38)(H,35,40)/t21-,25?,26?,30?/m1/s1. The predicted octanol–water partition coefficient (Wildman–Crippen LogP) is 4.30. The summed E-state index contributed by atoms with van der Waals surface area (Å²) in [5.74, 6) is 1.18. The second-order valence-electron chi connectivity index (χ2n) is 10.9. The molecule has 3 aromatic rings. The average Bonchev–Trinajstić information content (AvgIpc) is 3.64. The molecule has 0 bridgehead atoms. The van der Waals surface area contributed by atoms with E-state index in [4.69, 9.17) is 4.74 Å². The number of nitrogens with zero attached hydrogens (tertiary/aromatic N) is 2. The van der Waals surface area contributed by atoms with Gasteiger partial charge in [0.25, 0.3) is 11.8 Å². The van der Waals surface area contributed by atoms with Gasteiger partial charge in [-0.3, -0.25) is 14.5 Å². The van der Waals surface area contributed by atoms with Crippen molar-refractivity contribution < 1.29 is 19.1 Å². The smallest absolute Gasteiger partial charge is 0.326 e. The summed E-state index contributed by atoms with van der Waals surface area (Å²) in [6.45, 7) is 1.80. The van der Waals surface area contributed by atoms with Crippen LogP contribution in [-0.2, 0) is 4.79 Å². The number of ether oxygens (including phenoxy) is 1. The van der Waals surface area contributed by atoms with E-state index in [-0.39, 0.29) is 41.2 Å². The fourth-order valence-corrected chi connectivity index (χ4v) is 7.70. The van der Waals surface area contributed by atoms with Gasteiger partial charge in [0.15, 0.2) is 0 Å². The maximum atomic E-state index is 13.5. The second kappa shape index (κ2) is 11.2. The van der Waals surface area contributed by atoms with E-state index < -0.39 is 0 Å². The highest BCUT2D eigenvalue weighted by atomic mass is 32.2. The first-order valence-corrected chi connectivity index (χ1v) is 15.2. The molecule has 9 nitrogen and oxygen atoms in total. The molecule has 4 aliphatic heterocycles. The molecule has 3 fully saturated rings. The number of rotatable bonds is 6. The van der Waals surface area contributed by atoms with E-state index in [0.717, 1.165) is 24.4 Å². The minimum Gasteiger partial charge on any atom is -0.457 e. The summed E-state index contributed by atoms with van der Waals surface area (Å²) >= 11 is 1.48. The Morgan fingerprint density at radius 2 is 1.62 bits per heavy atom. The van der Waals surface area contributed by atoms with Crippen LogP contribution in [0.1, 0.15) is 23.2 Å². The van der Waals surface area contributed by atoms with Crippen LogP contribution in [0.2, 0.25) is 0 Å². The third kappa shape index (κ3) is 5.01. The van der Waals surface area contributed by atoms with E-state index in [1.165, 1.54) is 11.8 Å². The molecule has 10 heteroatoms. The number of hydrogen-bond donors (Lipinski definition) is 3. The quantitative estimate of drug-likeness (QED) is 0.401. The zero-order chi connectivity index (χ0) is 28.6. The molecule has 0 saturated carbocycles. The molecule has 4 atom stereocenters. The first-order valence-electron chi connectivity index (χ1n) is 14.3. The van der Waals surface area contributed by atoms with Crippen LogP contribution in [0.3, 0.4) is 0 Å². The topological polar surface area (TPSA) is 103 Å². The molecule has 3 aromatic carbocycles. The number of urea groups is 1. The molecule has 0 aliphatic carbocycles. The summed E-state index contributed by atoms with van der Waals surface area (Å²) in [4.78, 5) is 44.1. The molecular formula is C32H31N5O4S. The number of hydrogen-bond acceptors (Lipinski definition) is 6. The van der Waals surface area contributed by atoms with Crippen molar-refractivity contribution in [3.8, 4) is 11.5 Å². The van der Waals surface area contributed by atoms with Crippen molar-refractivity contribution in [2.24, 2.45) is 5.92 Å². The van der Waals surface area contributed by atoms with Gasteiger partial charge in [0.1, 0.15) is 11.5 Å². The summed E-state index contributed by atoms with van der Waals surface area (Å²) < 4.78 is 5.93. The fraction of sp³-hybridized carbons (Fsp3) is 0.281. The summed E-state index contributed by atoms with van der Waals surface area (Å²) in [5, 5.41) is 9.73. The average molecular weight is 582 g/mol. The number of likely N-dealkylation sites (tertiary alicyclic amines) is 1. The fourth-order valence-electron chi connectivity index (χ4n) is 6.30. The van der Waals surface area contributed by atoms with Crippen LogP contribution in [0.4, 0.5) is 10.5 Å². The third-order valence-electron chi connectivity index (χ3n) is 8.27. The lowest BCUT2D eigenvalue weighted by atomic mass is 9.86. The zero-order valence-corrected chi connectivity index (χ0v) is 23.7. The Morgan fingerprint density at radius 3 is 2.38 bits per heavy atom. The molecule has 4 amide bonds. The van der Waals surface area contributed by atoms with Gasteiger partial charge in [-0.1, -0.05) is 48.2 Å². The van der Waals surface area contributed by atoms with Gasteiger partial charge in [0, 0.05) is 42.0 Å². The number of nitrogens with one attached hydrogen (secondary N) is 3. The normalized spacial score (nSPS) is 24.7. The lowest BCUT2D eigenvalue weighted by Crippen LogP contribution is -2.62. The van der Waals surface area contributed by atoms with Crippen LogP contribution in [-0.4, -0.2) is 59.8 Å². The summed E-state index contributed by atoms with van der Waals surface area (Å²) in [6, 6.07) is 25.9. The number of carbonyl (C=O) groups is 3. The van der Waals surface area contributed by atoms with Crippen LogP contribution in [0.15, 0.2) is 95.5 Å². The molecule has 0 spiro atoms. The Hall–Kier alpha value is -4.28. The number of para-hydroxylation sites is 1. The Morgan fingerprint density at radius 1 is 0.905 bits per heavy atom. The van der Waals surface area contributed by atoms with Gasteiger partial charge in [-0.25, -0.2) is 4.79 Å². The van der Waals surface area contributed by atoms with E-state index in [9.17, 15) is 14.4 Å². The van der Waals surface area contributed by atoms with Crippen molar-refractivity contribution in [2.45, 2.75) is 30.3 Å². The Balaban J connectivity index is 1.05. The van der Waals surface area contributed by atoms with Crippen LogP contribution >= 0.6 is 11.8 Å². The number of amides is 4. The Kier molecular flexibility index (Phi) is 7.09. The summed E-state index contributed by atoms with van der Waals surface area (Å²) in [5.41, 5.74) is 2.13. The predicted molar refractivity (Wildman–Crippen MR) is 161 cm³/mol. The number of anilines is 1. The lowest BCUT2D eigenvalue weighted by molar-refractivity contribution is -0.117. The minimum atomic E-state index is -0.239. The third-order valence-corrected chi connectivity index (χ3v) is 9.63. The molecule has 0 radical (unpaired) electrons. The molecule has 214 valence electrons. The zero-order valence-electron chi connectivity index (χ0n) is 22.9. The maximum Gasteiger partial charge on any atom is 0.326 e. The minimum absolute atomic E-state index is 0.0111. The molecule has 4 heterocycles. The number of piperidine rings is 1. The van der Waals surface area contributed by atoms with E-state index in [0.29, 0.717) is 41.4 Å². The van der Waals surface area contributed by atoms with Crippen LogP contribution in [0.5, 0.6) is 11.5 Å². The van der Waals surface area contributed by atoms with Crippen molar-refractivity contribution in [3.63, 3.8) is 0 Å². The van der Waals surface area contributed by atoms with Crippen molar-refractivity contribution >= 4 is 35.3 Å². The lowest BCUT2D eigenvalue weighted by Gasteiger charge is -2.45. The summed E-state index contributed by atoms with van der Waals surface area (Å²) in [7, 11) is 0. The van der Waals surface area contributed by atoms with Crippen LogP contribution in [0, 0.1) is 5.92 Å². The highest BCUT2D eigenvalue weighted by molar-refractivity contribution is 8.04. The molecule has 3 unspecified atom stereocenters. The number of benzene rings is 3. The van der Waals surface area contributed by atoms with Crippen molar-refractivity contribution in [3.05, 3.63) is 101 Å². The van der Waals surface area contributed by atoms with Crippen LogP contribution < -0.4 is 25.6 Å². The monoisotopic (exact) mass is 581 g/mol. The Labute approximate surface area is 248 Å². The van der Waals surface area contributed by atoms with Gasteiger partial charge < -0.3 is 25.6 Å². The molecule has 3 N–H and O–H groups in total. The molecule has 3 saturated heterocycles. The van der Waals surface area contributed by atoms with E-state index in [2.05, 4.69) is 16.0 Å². The van der Waals surface area contributed by atoms with Crippen molar-refractivity contribution in [1.29, 1.82) is 0 Å². The van der Waals surface area contributed by atoms with E-state index in [1.807, 2.05) is 89.8 Å². The molecular weight excluding hydrogens is 550 g/mol. The van der Waals surface area contributed by atoms with Gasteiger partial charge in [-0.15, -0.1) is 0 Å².